The van der Waals surface area contributed by atoms with Crippen molar-refractivity contribution in [3.8, 4) is 0 Å². The van der Waals surface area contributed by atoms with Crippen LogP contribution in [0.5, 0.6) is 0 Å². The number of allylic oxidation sites excluding steroid dienone is 1. The van der Waals surface area contributed by atoms with Gasteiger partial charge in [-0.1, -0.05) is 23.8 Å². The molecule has 0 aliphatic carbocycles. The fraction of sp³-hybridized carbons (Fsp3) is 0.231. The molecule has 0 aliphatic rings. The zero-order valence-corrected chi connectivity index (χ0v) is 8.92. The lowest BCUT2D eigenvalue weighted by Gasteiger charge is -2.04. The summed E-state index contributed by atoms with van der Waals surface area (Å²) in [6, 6.07) is 6.14. The first-order valence-corrected chi connectivity index (χ1v) is 4.70. The Morgan fingerprint density at radius 2 is 2.00 bits per heavy atom. The van der Waals surface area contributed by atoms with Crippen molar-refractivity contribution in [2.24, 2.45) is 0 Å². The summed E-state index contributed by atoms with van der Waals surface area (Å²) in [6.45, 7) is 11.8. The molecule has 1 aromatic carbocycles. The Balaban J connectivity index is 0.000000791. The van der Waals surface area contributed by atoms with E-state index in [1.54, 1.807) is 0 Å². The molecule has 0 atom stereocenters. The van der Waals surface area contributed by atoms with Gasteiger partial charge in [-0.25, -0.2) is 0 Å². The van der Waals surface area contributed by atoms with E-state index in [1.165, 1.54) is 11.1 Å². The molecule has 1 rings (SSSR count). The maximum absolute atomic E-state index is 5.80. The van der Waals surface area contributed by atoms with E-state index in [0.29, 0.717) is 0 Å². The van der Waals surface area contributed by atoms with E-state index in [9.17, 15) is 0 Å². The minimum atomic E-state index is 0.891. The van der Waals surface area contributed by atoms with E-state index in [4.69, 9.17) is 5.73 Å². The van der Waals surface area contributed by atoms with Crippen molar-refractivity contribution in [3.63, 3.8) is 0 Å². The third-order valence-electron chi connectivity index (χ3n) is 1.92. The Kier molecular flexibility index (Phi) is 6.21. The molecule has 0 radical (unpaired) electrons. The van der Waals surface area contributed by atoms with E-state index in [2.05, 4.69) is 32.7 Å². The molecule has 14 heavy (non-hydrogen) atoms. The zero-order chi connectivity index (χ0) is 11.0. The average Bonchev–Trinajstić information content (AvgIpc) is 2.22. The number of hydrogen-bond acceptors (Lipinski definition) is 1. The summed E-state index contributed by atoms with van der Waals surface area (Å²) in [4.78, 5) is 0. The molecule has 0 saturated carbocycles. The average molecular weight is 189 g/mol. The van der Waals surface area contributed by atoms with E-state index < -0.39 is 0 Å². The van der Waals surface area contributed by atoms with Gasteiger partial charge in [0.15, 0.2) is 0 Å². The third kappa shape index (κ3) is 3.94. The monoisotopic (exact) mass is 189 g/mol. The number of aryl methyl sites for hydroxylation is 2. The van der Waals surface area contributed by atoms with Crippen LogP contribution in [0, 0.1) is 6.92 Å². The first-order chi connectivity index (χ1) is 6.74. The lowest BCUT2D eigenvalue weighted by molar-refractivity contribution is 1.00. The van der Waals surface area contributed by atoms with Crippen LogP contribution in [0.25, 0.3) is 0 Å². The van der Waals surface area contributed by atoms with Crippen LogP contribution >= 0.6 is 0 Å². The van der Waals surface area contributed by atoms with Crippen molar-refractivity contribution < 1.29 is 0 Å². The van der Waals surface area contributed by atoms with Crippen LogP contribution in [0.4, 0.5) is 5.69 Å². The summed E-state index contributed by atoms with van der Waals surface area (Å²) >= 11 is 0. The molecule has 0 amide bonds. The van der Waals surface area contributed by atoms with Gasteiger partial charge in [-0.3, -0.25) is 0 Å². The highest BCUT2D eigenvalue weighted by molar-refractivity contribution is 5.48. The molecule has 1 nitrogen and oxygen atoms in total. The number of rotatable bonds is 3. The van der Waals surface area contributed by atoms with E-state index >= 15 is 0 Å². The molecule has 1 aromatic rings. The molecule has 0 aromatic heterocycles. The zero-order valence-electron chi connectivity index (χ0n) is 8.92. The van der Waals surface area contributed by atoms with Gasteiger partial charge in [0.25, 0.3) is 0 Å². The third-order valence-corrected chi connectivity index (χ3v) is 1.92. The Labute approximate surface area is 87.0 Å². The fourth-order valence-corrected chi connectivity index (χ4v) is 1.21. The Bertz CT molecular complexity index is 289. The molecule has 0 bridgehead atoms. The topological polar surface area (TPSA) is 26.0 Å². The van der Waals surface area contributed by atoms with Crippen molar-refractivity contribution in [3.05, 3.63) is 55.1 Å². The highest BCUT2D eigenvalue weighted by atomic mass is 14.6. The van der Waals surface area contributed by atoms with E-state index in [-0.39, 0.29) is 0 Å². The van der Waals surface area contributed by atoms with Gasteiger partial charge in [0.05, 0.1) is 0 Å². The smallest absolute Gasteiger partial charge is 0.0346 e. The number of hydrogen-bond donors (Lipinski definition) is 1. The largest absolute Gasteiger partial charge is 0.399 e. The lowest BCUT2D eigenvalue weighted by atomic mass is 10.1. The van der Waals surface area contributed by atoms with Crippen molar-refractivity contribution in [2.75, 3.05) is 5.73 Å². The van der Waals surface area contributed by atoms with E-state index in [0.717, 1.165) is 18.5 Å². The first kappa shape index (κ1) is 12.5. The molecule has 0 unspecified atom stereocenters. The molecule has 0 spiro atoms. The Morgan fingerprint density at radius 3 is 2.57 bits per heavy atom. The summed E-state index contributed by atoms with van der Waals surface area (Å²) in [5, 5.41) is 0. The molecule has 76 valence electrons. The molecular weight excluding hydrogens is 170 g/mol. The normalized spacial score (nSPS) is 8.64. The van der Waals surface area contributed by atoms with Gasteiger partial charge in [-0.05, 0) is 31.4 Å². The van der Waals surface area contributed by atoms with Gasteiger partial charge < -0.3 is 5.73 Å². The van der Waals surface area contributed by atoms with Gasteiger partial charge >= 0.3 is 0 Å². The molecular formula is C13H19N. The van der Waals surface area contributed by atoms with Crippen LogP contribution in [0.1, 0.15) is 17.5 Å². The van der Waals surface area contributed by atoms with Crippen molar-refractivity contribution in [2.45, 2.75) is 19.8 Å². The van der Waals surface area contributed by atoms with Gasteiger partial charge in [-0.2, -0.15) is 0 Å². The number of nitrogens with two attached hydrogens (primary N) is 1. The summed E-state index contributed by atoms with van der Waals surface area (Å²) in [7, 11) is 0. The van der Waals surface area contributed by atoms with Crippen molar-refractivity contribution in [1.29, 1.82) is 0 Å². The van der Waals surface area contributed by atoms with Crippen LogP contribution in [0.3, 0.4) is 0 Å². The molecule has 0 heterocycles. The Morgan fingerprint density at radius 1 is 1.36 bits per heavy atom. The molecule has 0 saturated heterocycles. The van der Waals surface area contributed by atoms with Crippen LogP contribution in [-0.4, -0.2) is 0 Å². The van der Waals surface area contributed by atoms with Gasteiger partial charge in [-0.15, -0.1) is 19.7 Å². The predicted octanol–water partition coefficient (Wildman–Crippen LogP) is 3.50. The maximum atomic E-state index is 5.80. The molecule has 2 N–H and O–H groups in total. The summed E-state index contributed by atoms with van der Waals surface area (Å²) < 4.78 is 0. The number of anilines is 1. The van der Waals surface area contributed by atoms with Crippen LogP contribution < -0.4 is 5.73 Å². The SMILES string of the molecule is C=C.C=CCCc1cc(C)ccc1N. The summed E-state index contributed by atoms with van der Waals surface area (Å²) in [5.74, 6) is 0. The number of benzene rings is 1. The lowest BCUT2D eigenvalue weighted by Crippen LogP contribution is -1.94. The summed E-state index contributed by atoms with van der Waals surface area (Å²) in [6.07, 6.45) is 3.91. The van der Waals surface area contributed by atoms with Gasteiger partial charge in [0.2, 0.25) is 0 Å². The van der Waals surface area contributed by atoms with Crippen LogP contribution in [-0.2, 0) is 6.42 Å². The van der Waals surface area contributed by atoms with Gasteiger partial charge in [0.1, 0.15) is 0 Å². The van der Waals surface area contributed by atoms with Crippen LogP contribution in [0.15, 0.2) is 44.0 Å². The first-order valence-electron chi connectivity index (χ1n) is 4.70. The highest BCUT2D eigenvalue weighted by Crippen LogP contribution is 2.15. The maximum Gasteiger partial charge on any atom is 0.0346 e. The highest BCUT2D eigenvalue weighted by Gasteiger charge is 1.97. The quantitative estimate of drug-likeness (QED) is 0.571. The van der Waals surface area contributed by atoms with Crippen molar-refractivity contribution >= 4 is 5.69 Å². The van der Waals surface area contributed by atoms with Gasteiger partial charge in [0, 0.05) is 5.69 Å². The predicted molar refractivity (Wildman–Crippen MR) is 65.4 cm³/mol. The minimum absolute atomic E-state index is 0.891. The Hall–Kier alpha value is -1.50. The number of nitrogen functional groups attached to an aromatic ring is 1. The molecule has 0 fully saturated rings. The standard InChI is InChI=1S/C11H15N.C2H4/c1-3-4-5-10-8-9(2)6-7-11(10)12;1-2/h3,6-8H,1,4-5,12H2,2H3;1-2H2. The molecule has 1 heteroatoms. The second-order valence-electron chi connectivity index (χ2n) is 3.03. The minimum Gasteiger partial charge on any atom is -0.399 e. The van der Waals surface area contributed by atoms with Crippen molar-refractivity contribution in [1.82, 2.24) is 0 Å². The second-order valence-corrected chi connectivity index (χ2v) is 3.03. The van der Waals surface area contributed by atoms with E-state index in [1.807, 2.05) is 18.2 Å². The van der Waals surface area contributed by atoms with Crippen LogP contribution in [0.2, 0.25) is 0 Å². The summed E-state index contributed by atoms with van der Waals surface area (Å²) in [5.41, 5.74) is 9.19. The molecule has 0 aliphatic heterocycles. The second kappa shape index (κ2) is 6.96. The fourth-order valence-electron chi connectivity index (χ4n) is 1.21.